The van der Waals surface area contributed by atoms with E-state index in [9.17, 15) is 0 Å². The first-order chi connectivity index (χ1) is 7.34. The Kier molecular flexibility index (Phi) is 1.69. The summed E-state index contributed by atoms with van der Waals surface area (Å²) in [6.45, 7) is 0. The molecule has 0 aliphatic rings. The summed E-state index contributed by atoms with van der Waals surface area (Å²) in [7, 11) is 0. The van der Waals surface area contributed by atoms with Crippen LogP contribution < -0.4 is 5.73 Å². The normalized spacial score (nSPS) is 10.9. The highest BCUT2D eigenvalue weighted by Crippen LogP contribution is 2.30. The van der Waals surface area contributed by atoms with Crippen LogP contribution in [0, 0.1) is 0 Å². The van der Waals surface area contributed by atoms with Crippen LogP contribution in [0.5, 0.6) is 0 Å². The number of nitrogen functional groups attached to an aromatic ring is 1. The minimum atomic E-state index is 0.570. The van der Waals surface area contributed by atoms with Crippen LogP contribution in [-0.2, 0) is 0 Å². The Labute approximate surface area is 89.0 Å². The molecular weight excluding hydrogens is 210 g/mol. The van der Waals surface area contributed by atoms with Crippen molar-refractivity contribution in [3.8, 4) is 11.3 Å². The monoisotopic (exact) mass is 217 g/mol. The zero-order valence-corrected chi connectivity index (χ0v) is 8.45. The van der Waals surface area contributed by atoms with Crippen molar-refractivity contribution in [1.82, 2.24) is 20.4 Å². The molecular formula is C9H7N5S. The Balaban J connectivity index is 2.35. The number of H-pyrrole nitrogens is 1. The lowest BCUT2D eigenvalue weighted by atomic mass is 10.1. The molecule has 0 radical (unpaired) electrons. The van der Waals surface area contributed by atoms with Crippen LogP contribution in [0.25, 0.3) is 21.5 Å². The van der Waals surface area contributed by atoms with Gasteiger partial charge in [-0.05, 0) is 6.07 Å². The Bertz CT molecular complexity index is 598. The molecule has 0 fully saturated rings. The first-order valence-corrected chi connectivity index (χ1v) is 5.18. The first-order valence-electron chi connectivity index (χ1n) is 4.36. The number of hydrogen-bond acceptors (Lipinski definition) is 5. The molecule has 0 saturated carbocycles. The predicted octanol–water partition coefficient (Wildman–Crippen LogP) is 1.66. The molecule has 0 aliphatic heterocycles. The van der Waals surface area contributed by atoms with Crippen molar-refractivity contribution < 1.29 is 0 Å². The maximum atomic E-state index is 5.68. The first kappa shape index (κ1) is 8.37. The Morgan fingerprint density at radius 1 is 1.33 bits per heavy atom. The van der Waals surface area contributed by atoms with Crippen molar-refractivity contribution in [2.24, 2.45) is 0 Å². The topological polar surface area (TPSA) is 80.5 Å². The number of rotatable bonds is 1. The van der Waals surface area contributed by atoms with Gasteiger partial charge in [-0.3, -0.25) is 5.10 Å². The van der Waals surface area contributed by atoms with Crippen molar-refractivity contribution in [3.05, 3.63) is 24.4 Å². The Morgan fingerprint density at radius 3 is 3.07 bits per heavy atom. The maximum absolute atomic E-state index is 5.68. The highest BCUT2D eigenvalue weighted by molar-refractivity contribution is 7.22. The van der Waals surface area contributed by atoms with E-state index in [-0.39, 0.29) is 0 Å². The Morgan fingerprint density at radius 2 is 2.27 bits per heavy atom. The molecule has 3 rings (SSSR count). The average Bonchev–Trinajstić information content (AvgIpc) is 2.82. The molecule has 74 valence electrons. The third-order valence-corrected chi connectivity index (χ3v) is 2.98. The average molecular weight is 217 g/mol. The van der Waals surface area contributed by atoms with Crippen LogP contribution in [-0.4, -0.2) is 20.4 Å². The molecule has 1 aromatic carbocycles. The van der Waals surface area contributed by atoms with Crippen molar-refractivity contribution in [1.29, 1.82) is 0 Å². The Hall–Kier alpha value is -1.95. The number of nitrogens with one attached hydrogen (secondary N) is 1. The largest absolute Gasteiger partial charge is 0.375 e. The van der Waals surface area contributed by atoms with Gasteiger partial charge in [0.1, 0.15) is 5.69 Å². The number of fused-ring (bicyclic) bond motifs is 1. The number of anilines is 1. The fourth-order valence-corrected chi connectivity index (χ4v) is 2.27. The second-order valence-electron chi connectivity index (χ2n) is 3.06. The van der Waals surface area contributed by atoms with Crippen molar-refractivity contribution >= 4 is 26.7 Å². The highest BCUT2D eigenvalue weighted by Gasteiger charge is 2.09. The summed E-state index contributed by atoms with van der Waals surface area (Å²) in [4.78, 5) is 4.28. The van der Waals surface area contributed by atoms with E-state index in [4.69, 9.17) is 5.73 Å². The van der Waals surface area contributed by atoms with E-state index in [2.05, 4.69) is 20.4 Å². The molecule has 2 heterocycles. The second kappa shape index (κ2) is 3.03. The van der Waals surface area contributed by atoms with Gasteiger partial charge in [0, 0.05) is 5.56 Å². The molecule has 6 heteroatoms. The lowest BCUT2D eigenvalue weighted by molar-refractivity contribution is 0.942. The summed E-state index contributed by atoms with van der Waals surface area (Å²) in [5.41, 5.74) is 8.30. The van der Waals surface area contributed by atoms with E-state index in [0.717, 1.165) is 21.5 Å². The highest BCUT2D eigenvalue weighted by atomic mass is 32.1. The van der Waals surface area contributed by atoms with Crippen LogP contribution in [0.15, 0.2) is 24.4 Å². The second-order valence-corrected chi connectivity index (χ2v) is 4.13. The number of nitrogens with zero attached hydrogens (tertiary/aromatic N) is 3. The number of nitrogens with two attached hydrogens (primary N) is 1. The van der Waals surface area contributed by atoms with E-state index in [0.29, 0.717) is 5.13 Å². The fourth-order valence-electron chi connectivity index (χ4n) is 1.51. The van der Waals surface area contributed by atoms with Crippen molar-refractivity contribution in [2.75, 3.05) is 5.73 Å². The zero-order valence-electron chi connectivity index (χ0n) is 7.64. The van der Waals surface area contributed by atoms with Crippen molar-refractivity contribution in [3.63, 3.8) is 0 Å². The van der Waals surface area contributed by atoms with Gasteiger partial charge in [0.05, 0.1) is 16.4 Å². The lowest BCUT2D eigenvalue weighted by Gasteiger charge is -1.95. The number of aromatic nitrogens is 4. The van der Waals surface area contributed by atoms with Crippen LogP contribution in [0.4, 0.5) is 5.13 Å². The summed E-state index contributed by atoms with van der Waals surface area (Å²) < 4.78 is 1.06. The van der Waals surface area contributed by atoms with E-state index < -0.39 is 0 Å². The minimum absolute atomic E-state index is 0.570. The molecule has 5 nitrogen and oxygen atoms in total. The summed E-state index contributed by atoms with van der Waals surface area (Å²) >= 11 is 1.47. The zero-order chi connectivity index (χ0) is 10.3. The van der Waals surface area contributed by atoms with Crippen molar-refractivity contribution in [2.45, 2.75) is 0 Å². The van der Waals surface area contributed by atoms with Crippen LogP contribution in [0.1, 0.15) is 0 Å². The molecule has 0 atom stereocenters. The van der Waals surface area contributed by atoms with E-state index in [1.165, 1.54) is 11.3 Å². The number of hydrogen-bond donors (Lipinski definition) is 2. The van der Waals surface area contributed by atoms with E-state index in [1.807, 2.05) is 18.2 Å². The summed E-state index contributed by atoms with van der Waals surface area (Å²) in [5, 5.41) is 10.9. The van der Waals surface area contributed by atoms with Crippen LogP contribution >= 0.6 is 11.3 Å². The van der Waals surface area contributed by atoms with Gasteiger partial charge in [-0.15, -0.1) is 5.10 Å². The predicted molar refractivity (Wildman–Crippen MR) is 59.4 cm³/mol. The van der Waals surface area contributed by atoms with Gasteiger partial charge in [-0.25, -0.2) is 4.98 Å². The summed E-state index contributed by atoms with van der Waals surface area (Å²) in [5.74, 6) is 0. The van der Waals surface area contributed by atoms with Gasteiger partial charge < -0.3 is 5.73 Å². The smallest absolute Gasteiger partial charge is 0.181 e. The molecule has 0 aliphatic carbocycles. The van der Waals surface area contributed by atoms with Gasteiger partial charge in [0.25, 0.3) is 0 Å². The van der Waals surface area contributed by atoms with Gasteiger partial charge in [-0.2, -0.15) is 0 Å². The molecule has 3 N–H and O–H groups in total. The van der Waals surface area contributed by atoms with Gasteiger partial charge in [-0.1, -0.05) is 28.7 Å². The van der Waals surface area contributed by atoms with Crippen LogP contribution in [0.2, 0.25) is 0 Å². The number of benzene rings is 1. The summed E-state index contributed by atoms with van der Waals surface area (Å²) in [6, 6.07) is 5.91. The van der Waals surface area contributed by atoms with E-state index in [1.54, 1.807) is 6.20 Å². The molecule has 0 spiro atoms. The standard InChI is InChI=1S/C9H7N5S/c10-9-12-8-5(6-4-11-14-13-6)2-1-3-7(8)15-9/h1-4H,(H2,10,12)(H,11,13,14). The van der Waals surface area contributed by atoms with Gasteiger partial charge in [0.2, 0.25) is 0 Å². The lowest BCUT2D eigenvalue weighted by Crippen LogP contribution is -1.83. The number of thiazole rings is 1. The molecule has 3 aromatic rings. The summed E-state index contributed by atoms with van der Waals surface area (Å²) in [6.07, 6.45) is 1.74. The number of aromatic amines is 1. The van der Waals surface area contributed by atoms with Gasteiger partial charge in [0.15, 0.2) is 5.13 Å². The number of para-hydroxylation sites is 1. The third-order valence-electron chi connectivity index (χ3n) is 2.13. The third kappa shape index (κ3) is 1.26. The molecule has 2 aromatic heterocycles. The van der Waals surface area contributed by atoms with Gasteiger partial charge >= 0.3 is 0 Å². The SMILES string of the molecule is Nc1nc2c(-c3c[nH]nn3)cccc2s1. The molecule has 0 bridgehead atoms. The van der Waals surface area contributed by atoms with E-state index >= 15 is 0 Å². The quantitative estimate of drug-likeness (QED) is 0.649. The molecule has 0 unspecified atom stereocenters. The van der Waals surface area contributed by atoms with Crippen LogP contribution in [0.3, 0.4) is 0 Å². The fraction of sp³-hybridized carbons (Fsp3) is 0. The molecule has 15 heavy (non-hydrogen) atoms. The molecule has 0 amide bonds. The molecule has 0 saturated heterocycles. The maximum Gasteiger partial charge on any atom is 0.181 e. The minimum Gasteiger partial charge on any atom is -0.375 e.